The van der Waals surface area contributed by atoms with Gasteiger partial charge in [0.1, 0.15) is 0 Å². The number of halogens is 1. The van der Waals surface area contributed by atoms with Crippen LogP contribution in [0.3, 0.4) is 0 Å². The summed E-state index contributed by atoms with van der Waals surface area (Å²) >= 11 is 7.44. The lowest BCUT2D eigenvalue weighted by Gasteiger charge is -2.15. The fourth-order valence-electron chi connectivity index (χ4n) is 2.80. The van der Waals surface area contributed by atoms with E-state index in [0.717, 1.165) is 17.3 Å². The van der Waals surface area contributed by atoms with Gasteiger partial charge in [-0.15, -0.1) is 10.2 Å². The molecule has 29 heavy (non-hydrogen) atoms. The highest BCUT2D eigenvalue weighted by Crippen LogP contribution is 2.23. The number of benzene rings is 1. The van der Waals surface area contributed by atoms with Crippen LogP contribution in [0.25, 0.3) is 0 Å². The van der Waals surface area contributed by atoms with Gasteiger partial charge in [-0.25, -0.2) is 13.1 Å². The van der Waals surface area contributed by atoms with Gasteiger partial charge in [0.2, 0.25) is 10.0 Å². The van der Waals surface area contributed by atoms with E-state index < -0.39 is 16.1 Å². The monoisotopic (exact) mass is 451 g/mol. The van der Waals surface area contributed by atoms with Crippen molar-refractivity contribution in [3.63, 3.8) is 0 Å². The Labute approximate surface area is 180 Å². The van der Waals surface area contributed by atoms with E-state index in [9.17, 15) is 8.42 Å². The molecule has 0 spiro atoms. The predicted molar refractivity (Wildman–Crippen MR) is 115 cm³/mol. The molecule has 0 fully saturated rings. The maximum Gasteiger partial charge on any atom is 0.241 e. The molecule has 0 unspecified atom stereocenters. The average molecular weight is 452 g/mol. The first-order valence-corrected chi connectivity index (χ1v) is 12.0. The second-order valence-electron chi connectivity index (χ2n) is 6.34. The quantitative estimate of drug-likeness (QED) is 0.498. The number of nitrogens with one attached hydrogen (secondary N) is 1. The summed E-state index contributed by atoms with van der Waals surface area (Å²) in [5, 5.41) is 9.76. The van der Waals surface area contributed by atoms with E-state index in [1.54, 1.807) is 43.2 Å². The first-order chi connectivity index (χ1) is 13.9. The molecule has 7 nitrogen and oxygen atoms in total. The van der Waals surface area contributed by atoms with Gasteiger partial charge < -0.3 is 4.57 Å². The third-order valence-electron chi connectivity index (χ3n) is 4.28. The molecule has 0 saturated carbocycles. The highest BCUT2D eigenvalue weighted by atomic mass is 35.5. The van der Waals surface area contributed by atoms with Gasteiger partial charge in [0.25, 0.3) is 0 Å². The lowest BCUT2D eigenvalue weighted by Crippen LogP contribution is -2.29. The standard InChI is InChI=1S/C19H22ClN5O2S2/c1-3-25-18(14(2)24-29(26,27)17-6-4-16(20)5-7-17)22-23-19(25)28-13-10-15-8-11-21-12-9-15/h4-9,11-12,14,24H,3,10,13H2,1-2H3/t14-/m1/s1. The van der Waals surface area contributed by atoms with Crippen LogP contribution in [-0.4, -0.2) is 33.9 Å². The summed E-state index contributed by atoms with van der Waals surface area (Å²) in [4.78, 5) is 4.18. The molecule has 1 aromatic carbocycles. The lowest BCUT2D eigenvalue weighted by atomic mass is 10.2. The Balaban J connectivity index is 1.69. The van der Waals surface area contributed by atoms with E-state index in [1.165, 1.54) is 17.7 Å². The number of rotatable bonds is 9. The molecule has 2 heterocycles. The average Bonchev–Trinajstić information content (AvgIpc) is 3.12. The van der Waals surface area contributed by atoms with Crippen molar-refractivity contribution in [1.29, 1.82) is 0 Å². The zero-order chi connectivity index (χ0) is 20.9. The van der Waals surface area contributed by atoms with Crippen molar-refractivity contribution in [2.24, 2.45) is 0 Å². The summed E-state index contributed by atoms with van der Waals surface area (Å²) < 4.78 is 29.9. The molecular formula is C19H22ClN5O2S2. The molecule has 0 aliphatic rings. The molecule has 10 heteroatoms. The Morgan fingerprint density at radius 2 is 1.83 bits per heavy atom. The van der Waals surface area contributed by atoms with E-state index in [1.807, 2.05) is 23.6 Å². The van der Waals surface area contributed by atoms with Gasteiger partial charge in [-0.05, 0) is 62.2 Å². The number of pyridine rings is 1. The van der Waals surface area contributed by atoms with E-state index in [-0.39, 0.29) is 4.90 Å². The maximum atomic E-state index is 12.6. The number of hydrogen-bond acceptors (Lipinski definition) is 6. The number of aromatic nitrogens is 4. The zero-order valence-electron chi connectivity index (χ0n) is 16.1. The SMILES string of the molecule is CCn1c(SCCc2ccncc2)nnc1[C@@H](C)NS(=O)(=O)c1ccc(Cl)cc1. The number of aryl methyl sites for hydroxylation is 1. The summed E-state index contributed by atoms with van der Waals surface area (Å²) in [6, 6.07) is 9.50. The van der Waals surface area contributed by atoms with E-state index in [4.69, 9.17) is 11.6 Å². The summed E-state index contributed by atoms with van der Waals surface area (Å²) in [5.41, 5.74) is 1.21. The largest absolute Gasteiger partial charge is 0.305 e. The molecule has 0 saturated heterocycles. The maximum absolute atomic E-state index is 12.6. The van der Waals surface area contributed by atoms with Crippen LogP contribution in [0.5, 0.6) is 0 Å². The minimum absolute atomic E-state index is 0.156. The summed E-state index contributed by atoms with van der Waals surface area (Å²) in [5.74, 6) is 1.42. The van der Waals surface area contributed by atoms with Crippen LogP contribution in [0, 0.1) is 0 Å². The van der Waals surface area contributed by atoms with Crippen molar-refractivity contribution in [3.05, 3.63) is 65.2 Å². The van der Waals surface area contributed by atoms with Crippen LogP contribution in [-0.2, 0) is 23.0 Å². The van der Waals surface area contributed by atoms with Crippen LogP contribution in [0.2, 0.25) is 5.02 Å². The van der Waals surface area contributed by atoms with Gasteiger partial charge in [0, 0.05) is 29.7 Å². The van der Waals surface area contributed by atoms with Gasteiger partial charge in [0.05, 0.1) is 10.9 Å². The molecule has 2 aromatic heterocycles. The first-order valence-electron chi connectivity index (χ1n) is 9.13. The van der Waals surface area contributed by atoms with Crippen molar-refractivity contribution in [1.82, 2.24) is 24.5 Å². The molecular weight excluding hydrogens is 430 g/mol. The normalized spacial score (nSPS) is 12.8. The van der Waals surface area contributed by atoms with E-state index in [2.05, 4.69) is 19.9 Å². The van der Waals surface area contributed by atoms with Crippen LogP contribution in [0.4, 0.5) is 0 Å². The molecule has 0 amide bonds. The van der Waals surface area contributed by atoms with Crippen molar-refractivity contribution in [2.75, 3.05) is 5.75 Å². The Morgan fingerprint density at radius 3 is 2.48 bits per heavy atom. The van der Waals surface area contributed by atoms with Crippen molar-refractivity contribution >= 4 is 33.4 Å². The Kier molecular flexibility index (Phi) is 7.28. The summed E-state index contributed by atoms with van der Waals surface area (Å²) in [7, 11) is -3.70. The van der Waals surface area contributed by atoms with Crippen LogP contribution in [0.15, 0.2) is 58.8 Å². The molecule has 1 atom stereocenters. The van der Waals surface area contributed by atoms with Gasteiger partial charge >= 0.3 is 0 Å². The predicted octanol–water partition coefficient (Wildman–Crippen LogP) is 3.72. The molecule has 0 radical (unpaired) electrons. The number of nitrogens with zero attached hydrogens (tertiary/aromatic N) is 4. The number of sulfonamides is 1. The smallest absolute Gasteiger partial charge is 0.241 e. The topological polar surface area (TPSA) is 89.8 Å². The molecule has 3 aromatic rings. The fraction of sp³-hybridized carbons (Fsp3) is 0.316. The minimum Gasteiger partial charge on any atom is -0.305 e. The number of hydrogen-bond donors (Lipinski definition) is 1. The Morgan fingerprint density at radius 1 is 1.14 bits per heavy atom. The van der Waals surface area contributed by atoms with Gasteiger partial charge in [-0.1, -0.05) is 23.4 Å². The molecule has 1 N–H and O–H groups in total. The van der Waals surface area contributed by atoms with Crippen LogP contribution < -0.4 is 4.72 Å². The van der Waals surface area contributed by atoms with E-state index in [0.29, 0.717) is 17.4 Å². The van der Waals surface area contributed by atoms with Crippen molar-refractivity contribution in [3.8, 4) is 0 Å². The van der Waals surface area contributed by atoms with Gasteiger partial charge in [-0.2, -0.15) is 0 Å². The second-order valence-corrected chi connectivity index (χ2v) is 9.55. The van der Waals surface area contributed by atoms with E-state index >= 15 is 0 Å². The molecule has 0 aliphatic carbocycles. The minimum atomic E-state index is -3.70. The van der Waals surface area contributed by atoms with Crippen LogP contribution >= 0.6 is 23.4 Å². The summed E-state index contributed by atoms with van der Waals surface area (Å²) in [6.07, 6.45) is 4.44. The third-order valence-corrected chi connectivity index (χ3v) is 7.05. The highest BCUT2D eigenvalue weighted by molar-refractivity contribution is 7.99. The van der Waals surface area contributed by atoms with Crippen molar-refractivity contribution < 1.29 is 8.42 Å². The highest BCUT2D eigenvalue weighted by Gasteiger charge is 2.23. The summed E-state index contributed by atoms with van der Waals surface area (Å²) in [6.45, 7) is 4.39. The third kappa shape index (κ3) is 5.57. The van der Waals surface area contributed by atoms with Crippen LogP contribution in [0.1, 0.15) is 31.3 Å². The lowest BCUT2D eigenvalue weighted by molar-refractivity contribution is 0.539. The molecule has 0 bridgehead atoms. The van der Waals surface area contributed by atoms with Gasteiger partial charge in [0.15, 0.2) is 11.0 Å². The first kappa shape index (κ1) is 21.8. The zero-order valence-corrected chi connectivity index (χ0v) is 18.5. The molecule has 154 valence electrons. The second kappa shape index (κ2) is 9.71. The Bertz CT molecular complexity index is 1040. The number of thioether (sulfide) groups is 1. The van der Waals surface area contributed by atoms with Crippen molar-refractivity contribution in [2.45, 2.75) is 42.9 Å². The fourth-order valence-corrected chi connectivity index (χ4v) is 5.13. The Hall–Kier alpha value is -1.94. The molecule has 0 aliphatic heterocycles. The molecule has 3 rings (SSSR count). The van der Waals surface area contributed by atoms with Gasteiger partial charge in [-0.3, -0.25) is 4.98 Å².